The van der Waals surface area contributed by atoms with Crippen molar-refractivity contribution in [2.24, 2.45) is 0 Å². The molecule has 10 nitrogen and oxygen atoms in total. The lowest BCUT2D eigenvalue weighted by Gasteiger charge is -2.10. The van der Waals surface area contributed by atoms with Crippen LogP contribution in [0.1, 0.15) is 11.3 Å². The highest BCUT2D eigenvalue weighted by Gasteiger charge is 2.17. The van der Waals surface area contributed by atoms with Gasteiger partial charge in [-0.05, 0) is 44.8 Å². The number of hydrogen-bond acceptors (Lipinski definition) is 7. The summed E-state index contributed by atoms with van der Waals surface area (Å²) in [4.78, 5) is 28.2. The molecule has 0 atom stereocenters. The minimum Gasteiger partial charge on any atom is -0.336 e. The van der Waals surface area contributed by atoms with E-state index in [1.165, 1.54) is 0 Å². The summed E-state index contributed by atoms with van der Waals surface area (Å²) in [7, 11) is 4.08. The first-order valence-corrected chi connectivity index (χ1v) is 10.8. The van der Waals surface area contributed by atoms with Gasteiger partial charge in [0.2, 0.25) is 0 Å². The number of nitrogens with zero attached hydrogens (tertiary/aromatic N) is 8. The molecule has 0 aliphatic rings. The summed E-state index contributed by atoms with van der Waals surface area (Å²) < 4.78 is 1.88. The maximum Gasteiger partial charge on any atom is 0.181 e. The number of hydrogen-bond donors (Lipinski definition) is 2. The first-order chi connectivity index (χ1) is 16.5. The maximum absolute atomic E-state index is 4.86. The summed E-state index contributed by atoms with van der Waals surface area (Å²) in [5.74, 6) is 1.38. The summed E-state index contributed by atoms with van der Waals surface area (Å²) in [6.45, 7) is 2.76. The molecule has 0 spiro atoms. The van der Waals surface area contributed by atoms with Gasteiger partial charge in [-0.3, -0.25) is 14.6 Å². The quantitative estimate of drug-likeness (QED) is 0.413. The minimum atomic E-state index is 0.625. The molecule has 0 radical (unpaired) electrons. The largest absolute Gasteiger partial charge is 0.336 e. The van der Waals surface area contributed by atoms with Crippen molar-refractivity contribution in [3.8, 4) is 28.5 Å². The van der Waals surface area contributed by atoms with Crippen LogP contribution in [0.4, 0.5) is 0 Å². The fourth-order valence-electron chi connectivity index (χ4n) is 4.10. The molecular weight excluding hydrogens is 428 g/mol. The highest BCUT2D eigenvalue weighted by molar-refractivity contribution is 5.94. The molecule has 6 heterocycles. The predicted octanol–water partition coefficient (Wildman–Crippen LogP) is 3.51. The van der Waals surface area contributed by atoms with Crippen molar-refractivity contribution in [1.29, 1.82) is 0 Å². The SMILES string of the molecule is Cc1cn(-c2nccc3[nH]c(-c4[nH]nc5ncc(-c6cncc(CN(C)C)c6)cc45)nc23)cn1. The Morgan fingerprint density at radius 2 is 1.91 bits per heavy atom. The molecule has 0 unspecified atom stereocenters. The van der Waals surface area contributed by atoms with E-state index >= 15 is 0 Å². The fourth-order valence-corrected chi connectivity index (χ4v) is 4.10. The Kier molecular flexibility index (Phi) is 4.66. The van der Waals surface area contributed by atoms with Crippen molar-refractivity contribution in [3.05, 3.63) is 66.8 Å². The summed E-state index contributed by atoms with van der Waals surface area (Å²) in [5.41, 5.74) is 7.05. The van der Waals surface area contributed by atoms with Crippen molar-refractivity contribution >= 4 is 22.1 Å². The van der Waals surface area contributed by atoms with Crippen LogP contribution >= 0.6 is 0 Å². The number of pyridine rings is 3. The molecule has 0 aliphatic carbocycles. The van der Waals surface area contributed by atoms with Crippen LogP contribution in [-0.4, -0.2) is 63.7 Å². The number of H-pyrrole nitrogens is 2. The van der Waals surface area contributed by atoms with Crippen molar-refractivity contribution < 1.29 is 0 Å². The number of imidazole rings is 2. The van der Waals surface area contributed by atoms with Crippen LogP contribution in [0.2, 0.25) is 0 Å². The molecule has 168 valence electrons. The molecule has 0 saturated heterocycles. The lowest BCUT2D eigenvalue weighted by molar-refractivity contribution is 0.402. The molecule has 6 rings (SSSR count). The summed E-state index contributed by atoms with van der Waals surface area (Å²) in [6, 6.07) is 6.12. The number of nitrogens with one attached hydrogen (secondary N) is 2. The zero-order chi connectivity index (χ0) is 23.2. The molecule has 0 fully saturated rings. The summed E-state index contributed by atoms with van der Waals surface area (Å²) in [6.07, 6.45) is 11.0. The van der Waals surface area contributed by atoms with Gasteiger partial charge in [0.1, 0.15) is 17.5 Å². The Balaban J connectivity index is 1.45. The molecule has 0 bridgehead atoms. The zero-order valence-electron chi connectivity index (χ0n) is 19.0. The molecule has 10 heteroatoms. The second kappa shape index (κ2) is 7.85. The van der Waals surface area contributed by atoms with Crippen LogP contribution < -0.4 is 0 Å². The van der Waals surface area contributed by atoms with Crippen LogP contribution in [0, 0.1) is 6.92 Å². The van der Waals surface area contributed by atoms with Gasteiger partial charge in [-0.25, -0.2) is 19.9 Å². The van der Waals surface area contributed by atoms with Gasteiger partial charge in [-0.15, -0.1) is 0 Å². The van der Waals surface area contributed by atoms with Crippen molar-refractivity contribution in [1.82, 2.24) is 49.6 Å². The number of aromatic amines is 2. The number of rotatable bonds is 5. The third-order valence-electron chi connectivity index (χ3n) is 5.61. The van der Waals surface area contributed by atoms with Crippen molar-refractivity contribution in [2.75, 3.05) is 14.1 Å². The van der Waals surface area contributed by atoms with Crippen LogP contribution in [0.25, 0.3) is 50.5 Å². The van der Waals surface area contributed by atoms with Crippen LogP contribution in [0.5, 0.6) is 0 Å². The monoisotopic (exact) mass is 450 g/mol. The first kappa shape index (κ1) is 20.2. The molecule has 6 aromatic heterocycles. The van der Waals surface area contributed by atoms with Gasteiger partial charge in [0.25, 0.3) is 0 Å². The van der Waals surface area contributed by atoms with E-state index in [1.807, 2.05) is 56.4 Å². The van der Waals surface area contributed by atoms with E-state index < -0.39 is 0 Å². The van der Waals surface area contributed by atoms with E-state index in [9.17, 15) is 0 Å². The van der Waals surface area contributed by atoms with Gasteiger partial charge in [0, 0.05) is 48.7 Å². The van der Waals surface area contributed by atoms with E-state index in [1.54, 1.807) is 12.5 Å². The normalized spacial score (nSPS) is 11.8. The Bertz CT molecular complexity index is 1640. The topological polar surface area (TPSA) is 117 Å². The number of aryl methyl sites for hydroxylation is 1. The number of fused-ring (bicyclic) bond motifs is 2. The van der Waals surface area contributed by atoms with Gasteiger partial charge >= 0.3 is 0 Å². The average Bonchev–Trinajstić information content (AvgIpc) is 3.55. The molecule has 6 aromatic rings. The average molecular weight is 451 g/mol. The maximum atomic E-state index is 4.86. The molecule has 0 saturated carbocycles. The second-order valence-electron chi connectivity index (χ2n) is 8.55. The van der Waals surface area contributed by atoms with E-state index in [0.29, 0.717) is 17.3 Å². The first-order valence-electron chi connectivity index (χ1n) is 10.8. The van der Waals surface area contributed by atoms with Gasteiger partial charge in [0.05, 0.1) is 16.6 Å². The van der Waals surface area contributed by atoms with Gasteiger partial charge < -0.3 is 9.88 Å². The molecule has 34 heavy (non-hydrogen) atoms. The zero-order valence-corrected chi connectivity index (χ0v) is 19.0. The highest BCUT2D eigenvalue weighted by Crippen LogP contribution is 2.30. The Morgan fingerprint density at radius 1 is 1.03 bits per heavy atom. The third-order valence-corrected chi connectivity index (χ3v) is 5.61. The van der Waals surface area contributed by atoms with Gasteiger partial charge in [-0.2, -0.15) is 5.10 Å². The van der Waals surface area contributed by atoms with E-state index in [2.05, 4.69) is 52.1 Å². The van der Waals surface area contributed by atoms with E-state index in [-0.39, 0.29) is 0 Å². The molecule has 0 aromatic carbocycles. The Hall–Kier alpha value is -4.44. The third kappa shape index (κ3) is 3.50. The Labute approximate surface area is 194 Å². The predicted molar refractivity (Wildman–Crippen MR) is 129 cm³/mol. The molecular formula is C24H22N10. The Morgan fingerprint density at radius 3 is 2.74 bits per heavy atom. The van der Waals surface area contributed by atoms with Crippen LogP contribution in [-0.2, 0) is 6.54 Å². The van der Waals surface area contributed by atoms with Crippen LogP contribution in [0.3, 0.4) is 0 Å². The minimum absolute atomic E-state index is 0.625. The second-order valence-corrected chi connectivity index (χ2v) is 8.55. The molecule has 0 amide bonds. The van der Waals surface area contributed by atoms with Crippen LogP contribution in [0.15, 0.2) is 55.5 Å². The van der Waals surface area contributed by atoms with Gasteiger partial charge in [0.15, 0.2) is 17.3 Å². The standard InChI is InChI=1S/C24H22N10/c1-14-11-34(13-28-14)24-21-19(4-5-26-24)29-23(30-21)20-18-7-17(10-27-22(18)32-31-20)16-6-15(8-25-9-16)12-33(2)3/h4-11,13H,12H2,1-3H3,(H,29,30)(H,27,31,32). The molecule has 0 aliphatic heterocycles. The van der Waals surface area contributed by atoms with Gasteiger partial charge in [-0.1, -0.05) is 0 Å². The van der Waals surface area contributed by atoms with E-state index in [4.69, 9.17) is 4.98 Å². The summed E-state index contributed by atoms with van der Waals surface area (Å²) in [5, 5.41) is 8.37. The van der Waals surface area contributed by atoms with E-state index in [0.717, 1.165) is 51.0 Å². The highest BCUT2D eigenvalue weighted by atomic mass is 15.2. The number of aromatic nitrogens is 9. The van der Waals surface area contributed by atoms with Crippen molar-refractivity contribution in [3.63, 3.8) is 0 Å². The molecule has 2 N–H and O–H groups in total. The smallest absolute Gasteiger partial charge is 0.181 e. The van der Waals surface area contributed by atoms with Crippen molar-refractivity contribution in [2.45, 2.75) is 13.5 Å². The lowest BCUT2D eigenvalue weighted by Crippen LogP contribution is -2.10. The summed E-state index contributed by atoms with van der Waals surface area (Å²) >= 11 is 0. The lowest BCUT2D eigenvalue weighted by atomic mass is 10.1. The fraction of sp³-hybridized carbons (Fsp3) is 0.167.